The van der Waals surface area contributed by atoms with Crippen LogP contribution in [0.15, 0.2) is 24.3 Å². The Hall–Kier alpha value is -1.97. The quantitative estimate of drug-likeness (QED) is 0.536. The summed E-state index contributed by atoms with van der Waals surface area (Å²) in [5.41, 5.74) is 0.855. The number of esters is 1. The lowest BCUT2D eigenvalue weighted by molar-refractivity contribution is -0.141. The van der Waals surface area contributed by atoms with Gasteiger partial charge in [-0.1, -0.05) is 19.9 Å². The van der Waals surface area contributed by atoms with E-state index in [0.717, 1.165) is 12.0 Å². The lowest BCUT2D eigenvalue weighted by Gasteiger charge is -2.12. The number of rotatable bonds is 8. The smallest absolute Gasteiger partial charge is 0.331 e. The standard InChI is InChI=1S/C18H26O4/c1-13(2)10-11-21-16-8-6-15(12-17(16)20-5)7-9-18(19)22-14(3)4/h6-9,12-14H,10-11H2,1-5H3/b9-7+. The number of hydrogen-bond donors (Lipinski definition) is 0. The highest BCUT2D eigenvalue weighted by Crippen LogP contribution is 2.28. The van der Waals surface area contributed by atoms with Crippen LogP contribution in [0.4, 0.5) is 0 Å². The van der Waals surface area contributed by atoms with Crippen molar-refractivity contribution in [1.82, 2.24) is 0 Å². The first kappa shape index (κ1) is 18.1. The van der Waals surface area contributed by atoms with Crippen LogP contribution in [0.25, 0.3) is 6.08 Å². The molecule has 0 saturated carbocycles. The van der Waals surface area contributed by atoms with Crippen molar-refractivity contribution in [3.05, 3.63) is 29.8 Å². The van der Waals surface area contributed by atoms with Gasteiger partial charge in [0.2, 0.25) is 0 Å². The molecule has 0 aliphatic heterocycles. The van der Waals surface area contributed by atoms with Gasteiger partial charge in [-0.2, -0.15) is 0 Å². The summed E-state index contributed by atoms with van der Waals surface area (Å²) in [6, 6.07) is 5.57. The zero-order valence-electron chi connectivity index (χ0n) is 14.1. The second-order valence-corrected chi connectivity index (χ2v) is 5.76. The van der Waals surface area contributed by atoms with Gasteiger partial charge in [-0.05, 0) is 50.0 Å². The summed E-state index contributed by atoms with van der Waals surface area (Å²) in [4.78, 5) is 11.5. The average Bonchev–Trinajstić information content (AvgIpc) is 2.44. The molecule has 0 unspecified atom stereocenters. The Morgan fingerprint density at radius 1 is 1.18 bits per heavy atom. The molecule has 0 spiro atoms. The molecule has 1 aromatic rings. The summed E-state index contributed by atoms with van der Waals surface area (Å²) in [5.74, 6) is 1.61. The van der Waals surface area contributed by atoms with Gasteiger partial charge < -0.3 is 14.2 Å². The van der Waals surface area contributed by atoms with Crippen molar-refractivity contribution < 1.29 is 19.0 Å². The third kappa shape index (κ3) is 6.66. The van der Waals surface area contributed by atoms with Crippen LogP contribution in [-0.4, -0.2) is 25.8 Å². The van der Waals surface area contributed by atoms with E-state index in [1.165, 1.54) is 6.08 Å². The van der Waals surface area contributed by atoms with Crippen LogP contribution in [-0.2, 0) is 9.53 Å². The van der Waals surface area contributed by atoms with Gasteiger partial charge in [-0.15, -0.1) is 0 Å². The Labute approximate surface area is 133 Å². The minimum atomic E-state index is -0.355. The molecule has 0 atom stereocenters. The number of carbonyl (C=O) groups excluding carboxylic acids is 1. The lowest BCUT2D eigenvalue weighted by atomic mass is 10.1. The number of hydrogen-bond acceptors (Lipinski definition) is 4. The lowest BCUT2D eigenvalue weighted by Crippen LogP contribution is -2.08. The molecule has 0 bridgehead atoms. The van der Waals surface area contributed by atoms with Gasteiger partial charge in [-0.25, -0.2) is 4.79 Å². The molecule has 4 nitrogen and oxygen atoms in total. The predicted octanol–water partition coefficient (Wildman–Crippen LogP) is 4.08. The summed E-state index contributed by atoms with van der Waals surface area (Å²) < 4.78 is 16.1. The fourth-order valence-electron chi connectivity index (χ4n) is 1.75. The zero-order chi connectivity index (χ0) is 16.5. The van der Waals surface area contributed by atoms with E-state index in [1.807, 2.05) is 32.0 Å². The van der Waals surface area contributed by atoms with E-state index in [4.69, 9.17) is 14.2 Å². The summed E-state index contributed by atoms with van der Waals surface area (Å²) in [6.45, 7) is 8.61. The van der Waals surface area contributed by atoms with E-state index in [9.17, 15) is 4.79 Å². The average molecular weight is 306 g/mol. The number of methoxy groups -OCH3 is 1. The van der Waals surface area contributed by atoms with Crippen molar-refractivity contribution in [1.29, 1.82) is 0 Å². The molecule has 0 N–H and O–H groups in total. The highest BCUT2D eigenvalue weighted by molar-refractivity contribution is 5.87. The van der Waals surface area contributed by atoms with Gasteiger partial charge in [0.1, 0.15) is 0 Å². The monoisotopic (exact) mass is 306 g/mol. The van der Waals surface area contributed by atoms with Crippen molar-refractivity contribution in [2.75, 3.05) is 13.7 Å². The Balaban J connectivity index is 2.71. The topological polar surface area (TPSA) is 44.8 Å². The molecule has 0 saturated heterocycles. The number of benzene rings is 1. The molecule has 1 rings (SSSR count). The maximum Gasteiger partial charge on any atom is 0.331 e. The molecule has 1 aromatic carbocycles. The molecule has 0 aliphatic rings. The molecule has 4 heteroatoms. The molecule has 0 aromatic heterocycles. The maximum atomic E-state index is 11.5. The van der Waals surface area contributed by atoms with Gasteiger partial charge in [0.25, 0.3) is 0 Å². The molecular formula is C18H26O4. The van der Waals surface area contributed by atoms with Gasteiger partial charge >= 0.3 is 5.97 Å². The molecule has 122 valence electrons. The predicted molar refractivity (Wildman–Crippen MR) is 88.2 cm³/mol. The fourth-order valence-corrected chi connectivity index (χ4v) is 1.75. The molecule has 0 amide bonds. The summed E-state index contributed by atoms with van der Waals surface area (Å²) >= 11 is 0. The SMILES string of the molecule is COc1cc(/C=C/C(=O)OC(C)C)ccc1OCCC(C)C. The first-order valence-electron chi connectivity index (χ1n) is 7.62. The minimum Gasteiger partial charge on any atom is -0.493 e. The molecule has 0 aliphatic carbocycles. The number of carbonyl (C=O) groups is 1. The maximum absolute atomic E-state index is 11.5. The summed E-state index contributed by atoms with van der Waals surface area (Å²) in [5, 5.41) is 0. The van der Waals surface area contributed by atoms with Crippen molar-refractivity contribution in [2.24, 2.45) is 5.92 Å². The van der Waals surface area contributed by atoms with Crippen molar-refractivity contribution >= 4 is 12.0 Å². The van der Waals surface area contributed by atoms with Crippen LogP contribution in [0.2, 0.25) is 0 Å². The van der Waals surface area contributed by atoms with E-state index < -0.39 is 0 Å². The van der Waals surface area contributed by atoms with Gasteiger partial charge in [-0.3, -0.25) is 0 Å². The first-order chi connectivity index (χ1) is 10.4. The second-order valence-electron chi connectivity index (χ2n) is 5.76. The third-order valence-electron chi connectivity index (χ3n) is 2.90. The first-order valence-corrected chi connectivity index (χ1v) is 7.62. The van der Waals surface area contributed by atoms with Gasteiger partial charge in [0.05, 0.1) is 19.8 Å². The Morgan fingerprint density at radius 3 is 2.50 bits per heavy atom. The highest BCUT2D eigenvalue weighted by Gasteiger charge is 2.06. The van der Waals surface area contributed by atoms with Crippen LogP contribution < -0.4 is 9.47 Å². The van der Waals surface area contributed by atoms with Crippen LogP contribution in [0, 0.1) is 5.92 Å². The van der Waals surface area contributed by atoms with Gasteiger partial charge in [0, 0.05) is 6.08 Å². The Bertz CT molecular complexity index is 504. The third-order valence-corrected chi connectivity index (χ3v) is 2.90. The minimum absolute atomic E-state index is 0.122. The van der Waals surface area contributed by atoms with Crippen LogP contribution >= 0.6 is 0 Å². The number of ether oxygens (including phenoxy) is 3. The van der Waals surface area contributed by atoms with Crippen LogP contribution in [0.3, 0.4) is 0 Å². The Morgan fingerprint density at radius 2 is 1.91 bits per heavy atom. The largest absolute Gasteiger partial charge is 0.493 e. The van der Waals surface area contributed by atoms with Crippen molar-refractivity contribution in [3.63, 3.8) is 0 Å². The van der Waals surface area contributed by atoms with Gasteiger partial charge in [0.15, 0.2) is 11.5 Å². The Kier molecular flexibility index (Phi) is 7.50. The normalized spacial score (nSPS) is 11.2. The fraction of sp³-hybridized carbons (Fsp3) is 0.500. The highest BCUT2D eigenvalue weighted by atomic mass is 16.5. The van der Waals surface area contributed by atoms with E-state index in [0.29, 0.717) is 24.0 Å². The van der Waals surface area contributed by atoms with E-state index >= 15 is 0 Å². The van der Waals surface area contributed by atoms with Crippen LogP contribution in [0.1, 0.15) is 39.7 Å². The molecule has 22 heavy (non-hydrogen) atoms. The molecule has 0 fully saturated rings. The summed E-state index contributed by atoms with van der Waals surface area (Å²) in [7, 11) is 1.60. The van der Waals surface area contributed by atoms with Crippen molar-refractivity contribution in [2.45, 2.75) is 40.2 Å². The molecule has 0 heterocycles. The molecule has 0 radical (unpaired) electrons. The van der Waals surface area contributed by atoms with Crippen LogP contribution in [0.5, 0.6) is 11.5 Å². The van der Waals surface area contributed by atoms with E-state index in [1.54, 1.807) is 13.2 Å². The van der Waals surface area contributed by atoms with E-state index in [-0.39, 0.29) is 12.1 Å². The molecular weight excluding hydrogens is 280 g/mol. The zero-order valence-corrected chi connectivity index (χ0v) is 14.1. The van der Waals surface area contributed by atoms with Crippen molar-refractivity contribution in [3.8, 4) is 11.5 Å². The van der Waals surface area contributed by atoms with E-state index in [2.05, 4.69) is 13.8 Å². The second kappa shape index (κ2) is 9.13. The summed E-state index contributed by atoms with van der Waals surface area (Å²) in [6.07, 6.45) is 3.98.